The number of phenols is 1. The molecule has 0 saturated heterocycles. The number of fused-ring (bicyclic) bond motifs is 4. The van der Waals surface area contributed by atoms with Crippen molar-refractivity contribution in [2.75, 3.05) is 6.61 Å². The molecule has 4 nitrogen and oxygen atoms in total. The van der Waals surface area contributed by atoms with E-state index in [-0.39, 0.29) is 29.6 Å². The molecule has 1 aromatic carbocycles. The Balaban J connectivity index is 1.91. The molecule has 1 aliphatic heterocycles. The van der Waals surface area contributed by atoms with Crippen molar-refractivity contribution in [3.05, 3.63) is 35.4 Å². The predicted octanol–water partition coefficient (Wildman–Crippen LogP) is 5.54. The SMILES string of the molecule is C=C(CCO)[C@@H]1CC[C@]2(O)C[C@H]1c1c(O)cc(C(C)(C)CCCCCC)cc1O2. The second-order valence-corrected chi connectivity index (χ2v) is 9.74. The van der Waals surface area contributed by atoms with Crippen molar-refractivity contribution in [1.82, 2.24) is 0 Å². The van der Waals surface area contributed by atoms with E-state index in [1.165, 1.54) is 19.3 Å². The first-order chi connectivity index (χ1) is 13.7. The largest absolute Gasteiger partial charge is 0.508 e. The monoisotopic (exact) mass is 402 g/mol. The zero-order valence-electron chi connectivity index (χ0n) is 18.3. The molecule has 0 aromatic heterocycles. The fraction of sp³-hybridized carbons (Fsp3) is 0.680. The molecule has 1 saturated carbocycles. The number of hydrogen-bond acceptors (Lipinski definition) is 4. The first-order valence-corrected chi connectivity index (χ1v) is 11.3. The van der Waals surface area contributed by atoms with Crippen LogP contribution in [0.3, 0.4) is 0 Å². The van der Waals surface area contributed by atoms with Gasteiger partial charge in [0.1, 0.15) is 11.5 Å². The van der Waals surface area contributed by atoms with E-state index in [1.807, 2.05) is 12.1 Å². The third-order valence-corrected chi connectivity index (χ3v) is 7.06. The van der Waals surface area contributed by atoms with Crippen LogP contribution in [0.4, 0.5) is 0 Å². The van der Waals surface area contributed by atoms with Gasteiger partial charge in [-0.2, -0.15) is 0 Å². The van der Waals surface area contributed by atoms with Crippen LogP contribution < -0.4 is 4.74 Å². The molecule has 0 unspecified atom stereocenters. The molecule has 2 bridgehead atoms. The van der Waals surface area contributed by atoms with Gasteiger partial charge in [0, 0.05) is 30.9 Å². The third-order valence-electron chi connectivity index (χ3n) is 7.06. The summed E-state index contributed by atoms with van der Waals surface area (Å²) in [6.07, 6.45) is 8.22. The Morgan fingerprint density at radius 3 is 2.72 bits per heavy atom. The Labute approximate surface area is 175 Å². The summed E-state index contributed by atoms with van der Waals surface area (Å²) in [4.78, 5) is 0. The zero-order valence-corrected chi connectivity index (χ0v) is 18.3. The highest BCUT2D eigenvalue weighted by atomic mass is 16.6. The van der Waals surface area contributed by atoms with Crippen LogP contribution in [0.25, 0.3) is 0 Å². The van der Waals surface area contributed by atoms with Crippen LogP contribution in [0.5, 0.6) is 11.5 Å². The molecule has 1 heterocycles. The molecule has 29 heavy (non-hydrogen) atoms. The summed E-state index contributed by atoms with van der Waals surface area (Å²) in [6, 6.07) is 3.93. The zero-order chi connectivity index (χ0) is 21.2. The van der Waals surface area contributed by atoms with Crippen molar-refractivity contribution in [1.29, 1.82) is 0 Å². The summed E-state index contributed by atoms with van der Waals surface area (Å²) < 4.78 is 6.05. The molecule has 0 spiro atoms. The number of hydrogen-bond donors (Lipinski definition) is 3. The molecule has 3 rings (SSSR count). The van der Waals surface area contributed by atoms with Gasteiger partial charge >= 0.3 is 0 Å². The molecule has 3 N–H and O–H groups in total. The lowest BCUT2D eigenvalue weighted by Crippen LogP contribution is -2.46. The summed E-state index contributed by atoms with van der Waals surface area (Å²) in [7, 11) is 0. The Morgan fingerprint density at radius 1 is 1.28 bits per heavy atom. The molecular formula is C25H38O4. The number of aliphatic hydroxyl groups excluding tert-OH is 1. The third kappa shape index (κ3) is 4.64. The van der Waals surface area contributed by atoms with Gasteiger partial charge in [0.25, 0.3) is 0 Å². The molecular weight excluding hydrogens is 364 g/mol. The van der Waals surface area contributed by atoms with E-state index in [0.29, 0.717) is 25.0 Å². The molecule has 2 aliphatic rings. The van der Waals surface area contributed by atoms with Crippen molar-refractivity contribution in [2.45, 2.75) is 95.7 Å². The van der Waals surface area contributed by atoms with E-state index in [0.717, 1.165) is 36.0 Å². The second kappa shape index (κ2) is 8.69. The van der Waals surface area contributed by atoms with Crippen molar-refractivity contribution < 1.29 is 20.1 Å². The second-order valence-electron chi connectivity index (χ2n) is 9.74. The first-order valence-electron chi connectivity index (χ1n) is 11.3. The van der Waals surface area contributed by atoms with Gasteiger partial charge in [-0.15, -0.1) is 0 Å². The van der Waals surface area contributed by atoms with Gasteiger partial charge in [-0.3, -0.25) is 0 Å². The summed E-state index contributed by atoms with van der Waals surface area (Å²) in [5.41, 5.74) is 2.77. The molecule has 1 fully saturated rings. The lowest BCUT2D eigenvalue weighted by molar-refractivity contribution is -0.178. The summed E-state index contributed by atoms with van der Waals surface area (Å²) >= 11 is 0. The minimum Gasteiger partial charge on any atom is -0.508 e. The van der Waals surface area contributed by atoms with E-state index < -0.39 is 5.79 Å². The first kappa shape index (κ1) is 22.2. The number of aromatic hydroxyl groups is 1. The fourth-order valence-electron chi connectivity index (χ4n) is 5.19. The van der Waals surface area contributed by atoms with Gasteiger partial charge in [0.05, 0.1) is 0 Å². The highest BCUT2D eigenvalue weighted by molar-refractivity contribution is 5.53. The quantitative estimate of drug-likeness (QED) is 0.374. The average Bonchev–Trinajstić information content (AvgIpc) is 2.64. The summed E-state index contributed by atoms with van der Waals surface area (Å²) in [5, 5.41) is 31.3. The maximum absolute atomic E-state index is 11.0. The van der Waals surface area contributed by atoms with Crippen LogP contribution in [0.15, 0.2) is 24.3 Å². The van der Waals surface area contributed by atoms with Gasteiger partial charge in [-0.05, 0) is 48.3 Å². The molecule has 4 heteroatoms. The minimum atomic E-state index is -1.18. The number of unbranched alkanes of at least 4 members (excludes halogenated alkanes) is 3. The van der Waals surface area contributed by atoms with Gasteiger partial charge < -0.3 is 20.1 Å². The van der Waals surface area contributed by atoms with Gasteiger partial charge in [0.15, 0.2) is 0 Å². The Morgan fingerprint density at radius 2 is 2.03 bits per heavy atom. The van der Waals surface area contributed by atoms with Crippen LogP contribution in [-0.2, 0) is 5.41 Å². The van der Waals surface area contributed by atoms with E-state index >= 15 is 0 Å². The lowest BCUT2D eigenvalue weighted by Gasteiger charge is -2.47. The van der Waals surface area contributed by atoms with Gasteiger partial charge in [-0.1, -0.05) is 58.6 Å². The van der Waals surface area contributed by atoms with Crippen LogP contribution in [-0.4, -0.2) is 27.7 Å². The van der Waals surface area contributed by atoms with Gasteiger partial charge in [0.2, 0.25) is 5.79 Å². The normalized spacial score (nSPS) is 26.0. The van der Waals surface area contributed by atoms with Crippen molar-refractivity contribution in [3.63, 3.8) is 0 Å². The van der Waals surface area contributed by atoms with Crippen LogP contribution in [0.2, 0.25) is 0 Å². The summed E-state index contributed by atoms with van der Waals surface area (Å²) in [6.45, 7) is 10.9. The molecule has 162 valence electrons. The highest BCUT2D eigenvalue weighted by Crippen LogP contribution is 2.56. The lowest BCUT2D eigenvalue weighted by atomic mass is 9.67. The number of phenolic OH excluding ortho intramolecular Hbond substituents is 1. The number of rotatable bonds is 9. The van der Waals surface area contributed by atoms with E-state index in [2.05, 4.69) is 27.4 Å². The number of benzene rings is 1. The maximum Gasteiger partial charge on any atom is 0.208 e. The van der Waals surface area contributed by atoms with Crippen LogP contribution >= 0.6 is 0 Å². The highest BCUT2D eigenvalue weighted by Gasteiger charge is 2.48. The average molecular weight is 403 g/mol. The predicted molar refractivity (Wildman–Crippen MR) is 116 cm³/mol. The molecule has 0 amide bonds. The Bertz CT molecular complexity index is 739. The Hall–Kier alpha value is -1.52. The standard InChI is InChI=1S/C25H38O4/c1-5-6-7-8-11-24(3,4)18-14-21(27)23-20-16-25(28,29-22(23)15-18)12-9-19(20)17(2)10-13-26/h14-15,19-20,26-28H,2,5-13,16H2,1,3-4H3/t19-,20+,25+/m0/s1. The van der Waals surface area contributed by atoms with Crippen molar-refractivity contribution >= 4 is 0 Å². The van der Waals surface area contributed by atoms with Crippen molar-refractivity contribution in [3.8, 4) is 11.5 Å². The number of aliphatic hydroxyl groups is 2. The number of ether oxygens (including phenoxy) is 1. The van der Waals surface area contributed by atoms with Crippen LogP contribution in [0, 0.1) is 5.92 Å². The molecule has 3 atom stereocenters. The van der Waals surface area contributed by atoms with E-state index in [4.69, 9.17) is 4.74 Å². The molecule has 1 aliphatic carbocycles. The smallest absolute Gasteiger partial charge is 0.208 e. The Kier molecular flexibility index (Phi) is 6.64. The maximum atomic E-state index is 11.0. The van der Waals surface area contributed by atoms with Crippen molar-refractivity contribution in [2.24, 2.45) is 5.92 Å². The fourth-order valence-corrected chi connectivity index (χ4v) is 5.19. The molecule has 1 aromatic rings. The minimum absolute atomic E-state index is 0.0294. The summed E-state index contributed by atoms with van der Waals surface area (Å²) in [5.74, 6) is -0.191. The van der Waals surface area contributed by atoms with E-state index in [1.54, 1.807) is 0 Å². The molecule has 0 radical (unpaired) electrons. The topological polar surface area (TPSA) is 69.9 Å². The van der Waals surface area contributed by atoms with E-state index in [9.17, 15) is 15.3 Å². The van der Waals surface area contributed by atoms with Crippen LogP contribution in [0.1, 0.15) is 95.6 Å². The van der Waals surface area contributed by atoms with Gasteiger partial charge in [-0.25, -0.2) is 0 Å².